The Hall–Kier alpha value is -2.06. The molecule has 1 aliphatic heterocycles. The van der Waals surface area contributed by atoms with Crippen LogP contribution in [0.5, 0.6) is 0 Å². The van der Waals surface area contributed by atoms with Crippen LogP contribution in [0.15, 0.2) is 72.8 Å². The molecular formula is C22H14Sn. The monoisotopic (exact) mass is 398 g/mol. The van der Waals surface area contributed by atoms with Gasteiger partial charge in [0.2, 0.25) is 0 Å². The van der Waals surface area contributed by atoms with Crippen LogP contribution in [-0.2, 0) is 0 Å². The summed E-state index contributed by atoms with van der Waals surface area (Å²) in [6.45, 7) is 0. The average Bonchev–Trinajstić information content (AvgIpc) is 2.81. The van der Waals surface area contributed by atoms with Gasteiger partial charge in [0, 0.05) is 0 Å². The zero-order valence-electron chi connectivity index (χ0n) is 12.6. The van der Waals surface area contributed by atoms with Crippen LogP contribution in [-0.4, -0.2) is 21.1 Å². The van der Waals surface area contributed by atoms with Gasteiger partial charge in [0.25, 0.3) is 0 Å². The number of rotatable bonds is 0. The van der Waals surface area contributed by atoms with Gasteiger partial charge in [0.05, 0.1) is 0 Å². The second-order valence-corrected chi connectivity index (χ2v) is 9.53. The zero-order valence-corrected chi connectivity index (χ0v) is 15.4. The normalized spacial score (nSPS) is 12.9. The van der Waals surface area contributed by atoms with Crippen molar-refractivity contribution in [1.82, 2.24) is 0 Å². The molecule has 0 saturated carbocycles. The minimum atomic E-state index is -0.877. The van der Waals surface area contributed by atoms with Gasteiger partial charge in [-0.3, -0.25) is 0 Å². The molecule has 5 rings (SSSR count). The Bertz CT molecular complexity index is 1000. The molecule has 106 valence electrons. The topological polar surface area (TPSA) is 0 Å². The van der Waals surface area contributed by atoms with Crippen molar-refractivity contribution in [3.05, 3.63) is 83.9 Å². The summed E-state index contributed by atoms with van der Waals surface area (Å²) in [4.78, 5) is 0. The first-order chi connectivity index (χ1) is 11.4. The molecule has 0 unspecified atom stereocenters. The molecule has 0 bridgehead atoms. The summed E-state index contributed by atoms with van der Waals surface area (Å²) in [6.07, 6.45) is 4.62. The summed E-state index contributed by atoms with van der Waals surface area (Å²) in [6, 6.07) is 26.7. The van der Waals surface area contributed by atoms with E-state index in [9.17, 15) is 0 Å². The van der Waals surface area contributed by atoms with E-state index in [-0.39, 0.29) is 0 Å². The summed E-state index contributed by atoms with van der Waals surface area (Å²) >= 11 is -0.877. The zero-order chi connectivity index (χ0) is 15.2. The van der Waals surface area contributed by atoms with Crippen molar-refractivity contribution < 1.29 is 0 Å². The molecule has 2 radical (unpaired) electrons. The third kappa shape index (κ3) is 2.13. The molecular weight excluding hydrogens is 383 g/mol. The first-order valence-corrected chi connectivity index (χ1v) is 10.7. The molecule has 0 N–H and O–H groups in total. The van der Waals surface area contributed by atoms with Gasteiger partial charge in [-0.15, -0.1) is 0 Å². The van der Waals surface area contributed by atoms with E-state index in [0.717, 1.165) is 0 Å². The predicted octanol–water partition coefficient (Wildman–Crippen LogP) is 4.13. The number of benzene rings is 4. The van der Waals surface area contributed by atoms with Crippen LogP contribution in [0.25, 0.3) is 33.7 Å². The van der Waals surface area contributed by atoms with Crippen molar-refractivity contribution in [2.45, 2.75) is 0 Å². The summed E-state index contributed by atoms with van der Waals surface area (Å²) in [5.41, 5.74) is 2.83. The fraction of sp³-hybridized carbons (Fsp3) is 0. The van der Waals surface area contributed by atoms with Crippen molar-refractivity contribution in [3.8, 4) is 0 Å². The van der Waals surface area contributed by atoms with E-state index in [2.05, 4.69) is 84.9 Å². The fourth-order valence-corrected chi connectivity index (χ4v) is 8.00. The number of hydrogen-bond acceptors (Lipinski definition) is 0. The average molecular weight is 397 g/mol. The van der Waals surface area contributed by atoms with Crippen LogP contribution in [0.1, 0.15) is 11.1 Å². The van der Waals surface area contributed by atoms with Gasteiger partial charge in [-0.2, -0.15) is 0 Å². The van der Waals surface area contributed by atoms with Crippen molar-refractivity contribution >= 4 is 62.0 Å². The van der Waals surface area contributed by atoms with E-state index in [1.54, 1.807) is 7.16 Å². The molecule has 1 heterocycles. The summed E-state index contributed by atoms with van der Waals surface area (Å²) in [5.74, 6) is 0. The summed E-state index contributed by atoms with van der Waals surface area (Å²) in [7, 11) is 0. The molecule has 0 spiro atoms. The molecule has 0 atom stereocenters. The molecule has 4 aromatic rings. The van der Waals surface area contributed by atoms with Gasteiger partial charge in [0.1, 0.15) is 0 Å². The van der Waals surface area contributed by atoms with Gasteiger partial charge in [0.15, 0.2) is 0 Å². The SMILES string of the molecule is C1=Cc2ccc3ccccc3[c]2[Sn][c]2c1ccc1ccccc21. The second kappa shape index (κ2) is 5.24. The van der Waals surface area contributed by atoms with E-state index in [4.69, 9.17) is 0 Å². The van der Waals surface area contributed by atoms with Crippen molar-refractivity contribution in [1.29, 1.82) is 0 Å². The van der Waals surface area contributed by atoms with Crippen LogP contribution in [0, 0.1) is 0 Å². The van der Waals surface area contributed by atoms with Gasteiger partial charge in [-0.1, -0.05) is 0 Å². The van der Waals surface area contributed by atoms with Crippen LogP contribution in [0.4, 0.5) is 0 Å². The molecule has 0 amide bonds. The molecule has 23 heavy (non-hydrogen) atoms. The van der Waals surface area contributed by atoms with Crippen LogP contribution >= 0.6 is 0 Å². The third-order valence-corrected chi connectivity index (χ3v) is 9.23. The van der Waals surface area contributed by atoms with Crippen molar-refractivity contribution in [3.63, 3.8) is 0 Å². The molecule has 1 heteroatoms. The number of fused-ring (bicyclic) bond motifs is 6. The predicted molar refractivity (Wildman–Crippen MR) is 102 cm³/mol. The first-order valence-electron chi connectivity index (χ1n) is 7.89. The van der Waals surface area contributed by atoms with E-state index in [0.29, 0.717) is 0 Å². The number of hydrogen-bond donors (Lipinski definition) is 0. The maximum absolute atomic E-state index is 2.31. The summed E-state index contributed by atoms with van der Waals surface area (Å²) in [5, 5.41) is 5.62. The van der Waals surface area contributed by atoms with Crippen LogP contribution < -0.4 is 7.16 Å². The van der Waals surface area contributed by atoms with Crippen LogP contribution in [0.2, 0.25) is 0 Å². The van der Waals surface area contributed by atoms with Crippen LogP contribution in [0.3, 0.4) is 0 Å². The van der Waals surface area contributed by atoms with Gasteiger partial charge < -0.3 is 0 Å². The quantitative estimate of drug-likeness (QED) is 0.345. The molecule has 0 aliphatic carbocycles. The Morgan fingerprint density at radius 1 is 0.478 bits per heavy atom. The molecule has 0 fully saturated rings. The van der Waals surface area contributed by atoms with E-state index < -0.39 is 21.1 Å². The molecule has 4 aromatic carbocycles. The third-order valence-electron chi connectivity index (χ3n) is 4.61. The second-order valence-electron chi connectivity index (χ2n) is 5.96. The fourth-order valence-electron chi connectivity index (χ4n) is 3.44. The maximum atomic E-state index is 2.31. The first kappa shape index (κ1) is 13.4. The molecule has 0 nitrogen and oxygen atoms in total. The van der Waals surface area contributed by atoms with E-state index in [1.807, 2.05) is 0 Å². The Kier molecular flexibility index (Phi) is 3.05. The van der Waals surface area contributed by atoms with E-state index in [1.165, 1.54) is 32.7 Å². The Morgan fingerprint density at radius 2 is 0.957 bits per heavy atom. The van der Waals surface area contributed by atoms with E-state index >= 15 is 0 Å². The Labute approximate surface area is 145 Å². The Balaban J connectivity index is 1.85. The molecule has 1 aliphatic rings. The van der Waals surface area contributed by atoms with Gasteiger partial charge in [-0.05, 0) is 0 Å². The molecule has 0 saturated heterocycles. The van der Waals surface area contributed by atoms with Crippen molar-refractivity contribution in [2.24, 2.45) is 0 Å². The van der Waals surface area contributed by atoms with Gasteiger partial charge >= 0.3 is 146 Å². The molecule has 0 aromatic heterocycles. The minimum absolute atomic E-state index is 0.877. The summed E-state index contributed by atoms with van der Waals surface area (Å²) < 4.78 is 3.22. The van der Waals surface area contributed by atoms with Gasteiger partial charge in [-0.25, -0.2) is 0 Å². The standard InChI is InChI=1S/C22H14.Sn/c1-3-7-21-15-17(11-13-19(21)5-1)9-10-18-12-14-20-6-2-4-8-22(20)16-18;/h1-14H;. The van der Waals surface area contributed by atoms with Crippen molar-refractivity contribution in [2.75, 3.05) is 0 Å². The Morgan fingerprint density at radius 3 is 1.48 bits per heavy atom.